The summed E-state index contributed by atoms with van der Waals surface area (Å²) >= 11 is 0. The van der Waals surface area contributed by atoms with Crippen LogP contribution in [0.15, 0.2) is 36.4 Å². The first kappa shape index (κ1) is 9.58. The Morgan fingerprint density at radius 2 is 1.24 bits per heavy atom. The maximum Gasteiger partial charge on any atom is 0.0477 e. The summed E-state index contributed by atoms with van der Waals surface area (Å²) in [7, 11) is 0. The molecule has 0 fully saturated rings. The first-order valence-electron chi connectivity index (χ1n) is 5.30. The number of benzene rings is 2. The topological polar surface area (TPSA) is 15.8 Å². The molecule has 78 valence electrons. The van der Waals surface area contributed by atoms with Gasteiger partial charge in [-0.15, -0.1) is 12.8 Å². The van der Waals surface area contributed by atoms with E-state index in [4.69, 9.17) is 12.8 Å². The monoisotopic (exact) mass is 215 g/mol. The van der Waals surface area contributed by atoms with Crippen LogP contribution in [0.4, 0.5) is 0 Å². The lowest BCUT2D eigenvalue weighted by atomic mass is 10.1. The van der Waals surface area contributed by atoms with Crippen LogP contribution in [0.5, 0.6) is 0 Å². The van der Waals surface area contributed by atoms with Crippen LogP contribution >= 0.6 is 0 Å². The molecule has 0 radical (unpaired) electrons. The molecule has 0 aliphatic heterocycles. The number of hydrogen-bond donors (Lipinski definition) is 1. The van der Waals surface area contributed by atoms with Crippen molar-refractivity contribution in [3.63, 3.8) is 0 Å². The van der Waals surface area contributed by atoms with Gasteiger partial charge in [0.2, 0.25) is 0 Å². The van der Waals surface area contributed by atoms with Gasteiger partial charge in [0.15, 0.2) is 0 Å². The molecule has 1 N–H and O–H groups in total. The predicted octanol–water partition coefficient (Wildman–Crippen LogP) is 3.28. The van der Waals surface area contributed by atoms with Crippen LogP contribution in [0.1, 0.15) is 11.1 Å². The van der Waals surface area contributed by atoms with Gasteiger partial charge in [-0.2, -0.15) is 0 Å². The third kappa shape index (κ3) is 1.38. The lowest BCUT2D eigenvalue weighted by Crippen LogP contribution is -1.73. The maximum absolute atomic E-state index is 5.39. The molecule has 0 bridgehead atoms. The molecule has 0 aliphatic rings. The fourth-order valence-corrected chi connectivity index (χ4v) is 2.09. The van der Waals surface area contributed by atoms with Gasteiger partial charge in [-0.1, -0.05) is 24.0 Å². The Hall–Kier alpha value is -2.64. The molecule has 3 aromatic rings. The van der Waals surface area contributed by atoms with Crippen molar-refractivity contribution < 1.29 is 0 Å². The van der Waals surface area contributed by atoms with Gasteiger partial charge < -0.3 is 4.98 Å². The van der Waals surface area contributed by atoms with Crippen molar-refractivity contribution in [2.45, 2.75) is 0 Å². The summed E-state index contributed by atoms with van der Waals surface area (Å²) in [5.41, 5.74) is 3.84. The summed E-state index contributed by atoms with van der Waals surface area (Å²) in [5.74, 6) is 5.27. The lowest BCUT2D eigenvalue weighted by molar-refractivity contribution is 1.53. The molecule has 1 aromatic heterocycles. The Labute approximate surface area is 99.5 Å². The molecular formula is C16H9N. The average Bonchev–Trinajstić information content (AvgIpc) is 2.74. The molecule has 0 atom stereocenters. The Balaban J connectivity index is 2.42. The number of aromatic amines is 1. The van der Waals surface area contributed by atoms with Crippen molar-refractivity contribution in [3.05, 3.63) is 47.5 Å². The Bertz CT molecular complexity index is 739. The largest absolute Gasteiger partial charge is 0.354 e. The minimum Gasteiger partial charge on any atom is -0.354 e. The SMILES string of the molecule is C#Cc1ccc2c(c1)[nH]c1cc(C#C)ccc12. The van der Waals surface area contributed by atoms with Crippen LogP contribution in [-0.2, 0) is 0 Å². The molecule has 0 amide bonds. The van der Waals surface area contributed by atoms with Crippen molar-refractivity contribution in [2.75, 3.05) is 0 Å². The zero-order valence-electron chi connectivity index (χ0n) is 9.12. The Kier molecular flexibility index (Phi) is 1.94. The highest BCUT2D eigenvalue weighted by Crippen LogP contribution is 2.26. The quantitative estimate of drug-likeness (QED) is 0.554. The molecule has 1 heteroatoms. The molecule has 1 nitrogen and oxygen atoms in total. The molecular weight excluding hydrogens is 206 g/mol. The van der Waals surface area contributed by atoms with Gasteiger partial charge in [-0.25, -0.2) is 0 Å². The van der Waals surface area contributed by atoms with Gasteiger partial charge in [0.1, 0.15) is 0 Å². The molecule has 0 spiro atoms. The highest BCUT2D eigenvalue weighted by Gasteiger charge is 2.04. The molecule has 3 rings (SSSR count). The lowest BCUT2D eigenvalue weighted by Gasteiger charge is -1.93. The van der Waals surface area contributed by atoms with Gasteiger partial charge >= 0.3 is 0 Å². The van der Waals surface area contributed by atoms with E-state index in [0.717, 1.165) is 22.2 Å². The van der Waals surface area contributed by atoms with Gasteiger partial charge in [0.05, 0.1) is 0 Å². The summed E-state index contributed by atoms with van der Waals surface area (Å²) in [5, 5.41) is 2.34. The standard InChI is InChI=1S/C16H9N/c1-3-11-5-7-13-14-8-6-12(4-2)10-16(14)17-15(13)9-11/h1-2,5-10,17H. The van der Waals surface area contributed by atoms with Crippen LogP contribution in [-0.4, -0.2) is 4.98 Å². The van der Waals surface area contributed by atoms with Gasteiger partial charge in [-0.3, -0.25) is 0 Å². The molecule has 1 heterocycles. The summed E-state index contributed by atoms with van der Waals surface area (Å²) < 4.78 is 0. The fraction of sp³-hybridized carbons (Fsp3) is 0. The Morgan fingerprint density at radius 3 is 1.65 bits per heavy atom. The van der Waals surface area contributed by atoms with Gasteiger partial charge in [-0.05, 0) is 24.3 Å². The van der Waals surface area contributed by atoms with E-state index in [9.17, 15) is 0 Å². The number of aromatic nitrogens is 1. The summed E-state index contributed by atoms with van der Waals surface area (Å²) in [6, 6.07) is 11.9. The highest BCUT2D eigenvalue weighted by atomic mass is 14.7. The minimum atomic E-state index is 0.876. The van der Waals surface area contributed by atoms with E-state index in [1.807, 2.05) is 36.4 Å². The molecule has 17 heavy (non-hydrogen) atoms. The van der Waals surface area contributed by atoms with Crippen molar-refractivity contribution >= 4 is 21.8 Å². The van der Waals surface area contributed by atoms with E-state index in [1.54, 1.807) is 0 Å². The highest BCUT2D eigenvalue weighted by molar-refractivity contribution is 6.07. The number of fused-ring (bicyclic) bond motifs is 3. The number of hydrogen-bond acceptors (Lipinski definition) is 0. The first-order chi connectivity index (χ1) is 8.31. The molecule has 0 unspecified atom stereocenters. The number of rotatable bonds is 0. The second-order valence-electron chi connectivity index (χ2n) is 3.93. The van der Waals surface area contributed by atoms with E-state index >= 15 is 0 Å². The van der Waals surface area contributed by atoms with Crippen LogP contribution in [0.3, 0.4) is 0 Å². The van der Waals surface area contributed by atoms with Crippen molar-refractivity contribution in [2.24, 2.45) is 0 Å². The summed E-state index contributed by atoms with van der Waals surface area (Å²) in [6.45, 7) is 0. The first-order valence-corrected chi connectivity index (χ1v) is 5.30. The fourth-order valence-electron chi connectivity index (χ4n) is 2.09. The average molecular weight is 215 g/mol. The van der Waals surface area contributed by atoms with E-state index in [2.05, 4.69) is 16.8 Å². The van der Waals surface area contributed by atoms with Crippen LogP contribution in [0.25, 0.3) is 21.8 Å². The van der Waals surface area contributed by atoms with Crippen LogP contribution in [0, 0.1) is 24.7 Å². The third-order valence-corrected chi connectivity index (χ3v) is 2.93. The molecule has 0 saturated carbocycles. The minimum absolute atomic E-state index is 0.876. The van der Waals surface area contributed by atoms with E-state index in [-0.39, 0.29) is 0 Å². The van der Waals surface area contributed by atoms with Crippen molar-refractivity contribution in [1.29, 1.82) is 0 Å². The van der Waals surface area contributed by atoms with E-state index < -0.39 is 0 Å². The second kappa shape index (κ2) is 3.44. The number of terminal acetylenes is 2. The molecule has 0 saturated heterocycles. The summed E-state index contributed by atoms with van der Waals surface area (Å²) in [4.78, 5) is 3.34. The number of nitrogens with one attached hydrogen (secondary N) is 1. The van der Waals surface area contributed by atoms with Gasteiger partial charge in [0, 0.05) is 32.9 Å². The predicted molar refractivity (Wildman–Crippen MR) is 71.7 cm³/mol. The maximum atomic E-state index is 5.39. The van der Waals surface area contributed by atoms with Gasteiger partial charge in [0.25, 0.3) is 0 Å². The van der Waals surface area contributed by atoms with Crippen LogP contribution < -0.4 is 0 Å². The van der Waals surface area contributed by atoms with Crippen LogP contribution in [0.2, 0.25) is 0 Å². The zero-order valence-corrected chi connectivity index (χ0v) is 9.12. The number of H-pyrrole nitrogens is 1. The van der Waals surface area contributed by atoms with Crippen molar-refractivity contribution in [1.82, 2.24) is 4.98 Å². The second-order valence-corrected chi connectivity index (χ2v) is 3.93. The van der Waals surface area contributed by atoms with Crippen molar-refractivity contribution in [3.8, 4) is 24.7 Å². The third-order valence-electron chi connectivity index (χ3n) is 2.93. The normalized spacial score (nSPS) is 10.2. The summed E-state index contributed by atoms with van der Waals surface area (Å²) in [6.07, 6.45) is 10.8. The molecule has 0 aliphatic carbocycles. The zero-order chi connectivity index (χ0) is 11.8. The Morgan fingerprint density at radius 1 is 0.765 bits per heavy atom. The van der Waals surface area contributed by atoms with E-state index in [1.165, 1.54) is 10.8 Å². The van der Waals surface area contributed by atoms with E-state index in [0.29, 0.717) is 0 Å². The molecule has 2 aromatic carbocycles. The smallest absolute Gasteiger partial charge is 0.0477 e.